The lowest BCUT2D eigenvalue weighted by atomic mass is 10.4. The standard InChI is InChI=1S/C6H10N2O2S/c1-3-11-5(6(9)10)4(2)7-8-11/h11H,3H2,1-2H3,(H,9,10). The number of carboxylic acids is 1. The molecule has 0 fully saturated rings. The zero-order chi connectivity index (χ0) is 8.43. The molecule has 0 saturated heterocycles. The molecule has 0 saturated carbocycles. The van der Waals surface area contributed by atoms with Crippen LogP contribution in [-0.4, -0.2) is 16.8 Å². The van der Waals surface area contributed by atoms with E-state index in [0.29, 0.717) is 10.6 Å². The molecule has 1 aliphatic heterocycles. The van der Waals surface area contributed by atoms with Crippen LogP contribution in [0.15, 0.2) is 20.2 Å². The van der Waals surface area contributed by atoms with E-state index < -0.39 is 17.1 Å². The van der Waals surface area contributed by atoms with Crippen LogP contribution < -0.4 is 0 Å². The molecule has 1 rings (SSSR count). The van der Waals surface area contributed by atoms with Gasteiger partial charge in [-0.05, 0) is 12.7 Å². The average molecular weight is 174 g/mol. The quantitative estimate of drug-likeness (QED) is 0.626. The van der Waals surface area contributed by atoms with Crippen molar-refractivity contribution in [1.29, 1.82) is 0 Å². The van der Waals surface area contributed by atoms with Crippen LogP contribution in [0.1, 0.15) is 13.8 Å². The Balaban J connectivity index is 2.91. The molecule has 0 aromatic carbocycles. The molecule has 0 bridgehead atoms. The molecule has 0 aliphatic carbocycles. The lowest BCUT2D eigenvalue weighted by molar-refractivity contribution is -0.131. The first-order chi connectivity index (χ1) is 5.16. The van der Waals surface area contributed by atoms with E-state index >= 15 is 0 Å². The molecule has 1 heterocycles. The summed E-state index contributed by atoms with van der Waals surface area (Å²) in [5, 5.41) is 12.5. The molecule has 0 aromatic rings. The van der Waals surface area contributed by atoms with Crippen molar-refractivity contribution in [2.75, 3.05) is 5.75 Å². The van der Waals surface area contributed by atoms with Crippen LogP contribution in [0.25, 0.3) is 0 Å². The van der Waals surface area contributed by atoms with E-state index in [9.17, 15) is 4.79 Å². The minimum Gasteiger partial charge on any atom is -0.477 e. The van der Waals surface area contributed by atoms with E-state index in [2.05, 4.69) is 9.63 Å². The third kappa shape index (κ3) is 1.42. The Morgan fingerprint density at radius 2 is 2.36 bits per heavy atom. The van der Waals surface area contributed by atoms with Crippen molar-refractivity contribution in [2.24, 2.45) is 9.63 Å². The topological polar surface area (TPSA) is 62.0 Å². The van der Waals surface area contributed by atoms with Gasteiger partial charge >= 0.3 is 5.97 Å². The van der Waals surface area contributed by atoms with Crippen molar-refractivity contribution in [3.63, 3.8) is 0 Å². The second-order valence-electron chi connectivity index (χ2n) is 2.14. The normalized spacial score (nSPS) is 26.2. The van der Waals surface area contributed by atoms with Gasteiger partial charge < -0.3 is 5.11 Å². The molecule has 1 aliphatic rings. The van der Waals surface area contributed by atoms with Gasteiger partial charge in [0.25, 0.3) is 0 Å². The predicted molar refractivity (Wildman–Crippen MR) is 44.7 cm³/mol. The molecule has 1 unspecified atom stereocenters. The van der Waals surface area contributed by atoms with Crippen LogP contribution >= 0.6 is 11.1 Å². The highest BCUT2D eigenvalue weighted by atomic mass is 32.2. The highest BCUT2D eigenvalue weighted by Crippen LogP contribution is 2.43. The van der Waals surface area contributed by atoms with Gasteiger partial charge in [-0.3, -0.25) is 0 Å². The lowest BCUT2D eigenvalue weighted by Crippen LogP contribution is -2.00. The van der Waals surface area contributed by atoms with Gasteiger partial charge in [-0.25, -0.2) is 4.79 Å². The number of rotatable bonds is 2. The Bertz CT molecular complexity index is 247. The Morgan fingerprint density at radius 1 is 1.73 bits per heavy atom. The van der Waals surface area contributed by atoms with Gasteiger partial charge in [0, 0.05) is 0 Å². The van der Waals surface area contributed by atoms with Gasteiger partial charge in [0.2, 0.25) is 0 Å². The van der Waals surface area contributed by atoms with Gasteiger partial charge in [0.05, 0.1) is 5.70 Å². The van der Waals surface area contributed by atoms with Gasteiger partial charge in [0.15, 0.2) is 0 Å². The number of hydrogen-bond donors (Lipinski definition) is 2. The SMILES string of the molecule is CC[SH]1N=NC(C)=C1C(=O)O. The van der Waals surface area contributed by atoms with E-state index in [1.807, 2.05) is 6.92 Å². The van der Waals surface area contributed by atoms with Crippen molar-refractivity contribution >= 4 is 17.1 Å². The largest absolute Gasteiger partial charge is 0.477 e. The summed E-state index contributed by atoms with van der Waals surface area (Å²) in [6, 6.07) is 0. The average Bonchev–Trinajstić information content (AvgIpc) is 2.30. The summed E-state index contributed by atoms with van der Waals surface area (Å²) in [7, 11) is 0. The third-order valence-electron chi connectivity index (χ3n) is 1.41. The second kappa shape index (κ2) is 3.04. The van der Waals surface area contributed by atoms with Gasteiger partial charge in [0.1, 0.15) is 4.91 Å². The fourth-order valence-corrected chi connectivity index (χ4v) is 2.30. The van der Waals surface area contributed by atoms with Crippen molar-refractivity contribution in [3.8, 4) is 0 Å². The monoisotopic (exact) mass is 174 g/mol. The Hall–Kier alpha value is -0.840. The Morgan fingerprint density at radius 3 is 2.73 bits per heavy atom. The van der Waals surface area contributed by atoms with Crippen molar-refractivity contribution in [2.45, 2.75) is 13.8 Å². The summed E-state index contributed by atoms with van der Waals surface area (Å²) in [5.74, 6) is -0.113. The first kappa shape index (κ1) is 8.26. The number of nitrogens with zero attached hydrogens (tertiary/aromatic N) is 2. The van der Waals surface area contributed by atoms with E-state index in [1.54, 1.807) is 6.92 Å². The smallest absolute Gasteiger partial charge is 0.344 e. The van der Waals surface area contributed by atoms with Crippen LogP contribution in [0.2, 0.25) is 0 Å². The maximum absolute atomic E-state index is 10.6. The first-order valence-electron chi connectivity index (χ1n) is 3.30. The maximum atomic E-state index is 10.6. The molecule has 1 atom stereocenters. The number of carbonyl (C=O) groups is 1. The molecule has 1 N–H and O–H groups in total. The van der Waals surface area contributed by atoms with E-state index in [0.717, 1.165) is 5.75 Å². The zero-order valence-electron chi connectivity index (χ0n) is 6.40. The summed E-state index contributed by atoms with van der Waals surface area (Å²) < 4.78 is 3.87. The Kier molecular flexibility index (Phi) is 2.28. The van der Waals surface area contributed by atoms with Crippen molar-refractivity contribution in [3.05, 3.63) is 10.6 Å². The highest BCUT2D eigenvalue weighted by Gasteiger charge is 2.22. The number of aliphatic carboxylic acids is 1. The lowest BCUT2D eigenvalue weighted by Gasteiger charge is -2.07. The first-order valence-corrected chi connectivity index (χ1v) is 4.78. The minimum atomic E-state index is -0.875. The molecule has 4 nitrogen and oxygen atoms in total. The number of hydrogen-bond acceptors (Lipinski definition) is 3. The third-order valence-corrected chi connectivity index (χ3v) is 3.34. The summed E-state index contributed by atoms with van der Waals surface area (Å²) in [6.45, 7) is 3.61. The fourth-order valence-electron chi connectivity index (χ4n) is 0.886. The molecule has 0 aromatic heterocycles. The molecular formula is C6H10N2O2S. The van der Waals surface area contributed by atoms with Gasteiger partial charge in [-0.15, -0.1) is 20.7 Å². The van der Waals surface area contributed by atoms with Crippen molar-refractivity contribution < 1.29 is 9.90 Å². The van der Waals surface area contributed by atoms with Crippen molar-refractivity contribution in [1.82, 2.24) is 0 Å². The summed E-state index contributed by atoms with van der Waals surface area (Å²) in [5.41, 5.74) is 0.561. The van der Waals surface area contributed by atoms with Crippen LogP contribution in [-0.2, 0) is 4.79 Å². The second-order valence-corrected chi connectivity index (χ2v) is 4.20. The number of thiol groups is 1. The molecule has 0 spiro atoms. The summed E-state index contributed by atoms with van der Waals surface area (Å²) in [4.78, 5) is 11.0. The zero-order valence-corrected chi connectivity index (χ0v) is 7.30. The minimum absolute atomic E-state index is 0.405. The summed E-state index contributed by atoms with van der Waals surface area (Å²) in [6.07, 6.45) is 0. The molecular weight excluding hydrogens is 164 g/mol. The fraction of sp³-hybridized carbons (Fsp3) is 0.500. The highest BCUT2D eigenvalue weighted by molar-refractivity contribution is 8.20. The van der Waals surface area contributed by atoms with Crippen LogP contribution in [0.3, 0.4) is 0 Å². The predicted octanol–water partition coefficient (Wildman–Crippen LogP) is 1.70. The van der Waals surface area contributed by atoms with E-state index in [-0.39, 0.29) is 0 Å². The summed E-state index contributed by atoms with van der Waals surface area (Å²) >= 11 is -0.847. The van der Waals surface area contributed by atoms with E-state index in [1.165, 1.54) is 0 Å². The number of allylic oxidation sites excluding steroid dienone is 1. The van der Waals surface area contributed by atoms with Gasteiger partial charge in [-0.1, -0.05) is 6.92 Å². The Labute approximate surface area is 67.5 Å². The van der Waals surface area contributed by atoms with Crippen LogP contribution in [0.5, 0.6) is 0 Å². The molecule has 0 amide bonds. The number of carboxylic acid groups (broad SMARTS) is 1. The van der Waals surface area contributed by atoms with Crippen LogP contribution in [0, 0.1) is 0 Å². The molecule has 62 valence electrons. The maximum Gasteiger partial charge on any atom is 0.344 e. The molecule has 5 heteroatoms. The van der Waals surface area contributed by atoms with Gasteiger partial charge in [-0.2, -0.15) is 0 Å². The van der Waals surface area contributed by atoms with E-state index in [4.69, 9.17) is 5.11 Å². The molecule has 11 heavy (non-hydrogen) atoms. The molecule has 0 radical (unpaired) electrons. The van der Waals surface area contributed by atoms with Crippen LogP contribution in [0.4, 0.5) is 0 Å².